The first-order valence-electron chi connectivity index (χ1n) is 5.84. The summed E-state index contributed by atoms with van der Waals surface area (Å²) >= 11 is 0. The molecule has 3 unspecified atom stereocenters. The van der Waals surface area contributed by atoms with E-state index in [9.17, 15) is 9.59 Å². The summed E-state index contributed by atoms with van der Waals surface area (Å²) in [7, 11) is 1.60. The molecule has 0 bridgehead atoms. The molecule has 0 saturated heterocycles. The number of carboxylic acid groups (broad SMARTS) is 1. The third-order valence-electron chi connectivity index (χ3n) is 3.00. The fourth-order valence-corrected chi connectivity index (χ4v) is 2.06. The fraction of sp³-hybridized carbons (Fsp3) is 0.667. The minimum atomic E-state index is -1.14. The maximum Gasteiger partial charge on any atom is 0.327 e. The number of ether oxygens (including phenoxy) is 1. The van der Waals surface area contributed by atoms with Gasteiger partial charge < -0.3 is 20.5 Å². The molecule has 1 rings (SSSR count). The number of methoxy groups -OCH3 is 1. The van der Waals surface area contributed by atoms with Gasteiger partial charge in [-0.1, -0.05) is 0 Å². The zero-order chi connectivity index (χ0) is 13.5. The van der Waals surface area contributed by atoms with E-state index in [1.165, 1.54) is 0 Å². The standard InChI is InChI=1S/C12H18N2O4/c1-3-5-9(11(15)16)14-12(17)13-8-6-4-7-10(8)18-2/h1,8-10H,4-7H2,2H3,(H,15,16)(H2,13,14,17). The van der Waals surface area contributed by atoms with Crippen LogP contribution in [0.3, 0.4) is 0 Å². The van der Waals surface area contributed by atoms with Gasteiger partial charge in [0.1, 0.15) is 6.04 Å². The van der Waals surface area contributed by atoms with Crippen LogP contribution in [0, 0.1) is 12.3 Å². The summed E-state index contributed by atoms with van der Waals surface area (Å²) in [6, 6.07) is -1.65. The molecule has 100 valence electrons. The minimum absolute atomic E-state index is 0.00772. The average molecular weight is 254 g/mol. The molecule has 2 amide bonds. The van der Waals surface area contributed by atoms with Crippen LogP contribution >= 0.6 is 0 Å². The molecule has 6 heteroatoms. The van der Waals surface area contributed by atoms with E-state index in [4.69, 9.17) is 16.3 Å². The molecule has 0 aromatic carbocycles. The molecular weight excluding hydrogens is 236 g/mol. The van der Waals surface area contributed by atoms with Crippen LogP contribution in [0.25, 0.3) is 0 Å². The second-order valence-corrected chi connectivity index (χ2v) is 4.23. The van der Waals surface area contributed by atoms with Gasteiger partial charge >= 0.3 is 12.0 Å². The maximum absolute atomic E-state index is 11.6. The van der Waals surface area contributed by atoms with Gasteiger partial charge in [-0.25, -0.2) is 9.59 Å². The molecule has 0 spiro atoms. The van der Waals surface area contributed by atoms with Crippen LogP contribution in [0.5, 0.6) is 0 Å². The number of hydrogen-bond acceptors (Lipinski definition) is 3. The first-order valence-corrected chi connectivity index (χ1v) is 5.84. The summed E-state index contributed by atoms with van der Waals surface area (Å²) in [6.45, 7) is 0. The Bertz CT molecular complexity index is 350. The Morgan fingerprint density at radius 3 is 2.83 bits per heavy atom. The van der Waals surface area contributed by atoms with Gasteiger partial charge in [-0.15, -0.1) is 12.3 Å². The molecule has 1 fully saturated rings. The lowest BCUT2D eigenvalue weighted by molar-refractivity contribution is -0.139. The SMILES string of the molecule is C#CCC(NC(=O)NC1CCCC1OC)C(=O)O. The predicted molar refractivity (Wildman–Crippen MR) is 65.0 cm³/mol. The Morgan fingerprint density at radius 2 is 2.28 bits per heavy atom. The van der Waals surface area contributed by atoms with Crippen molar-refractivity contribution < 1.29 is 19.4 Å². The predicted octanol–water partition coefficient (Wildman–Crippen LogP) is 0.330. The number of urea groups is 1. The Hall–Kier alpha value is -1.74. The summed E-state index contributed by atoms with van der Waals surface area (Å²) in [6.07, 6.45) is 7.71. The number of nitrogens with one attached hydrogen (secondary N) is 2. The van der Waals surface area contributed by atoms with Crippen LogP contribution in [-0.4, -0.2) is 42.4 Å². The van der Waals surface area contributed by atoms with Crippen molar-refractivity contribution >= 4 is 12.0 Å². The zero-order valence-electron chi connectivity index (χ0n) is 10.3. The van der Waals surface area contributed by atoms with Gasteiger partial charge in [0.15, 0.2) is 0 Å². The van der Waals surface area contributed by atoms with Crippen molar-refractivity contribution in [3.63, 3.8) is 0 Å². The van der Waals surface area contributed by atoms with Crippen LogP contribution < -0.4 is 10.6 Å². The molecular formula is C12H18N2O4. The number of hydrogen-bond donors (Lipinski definition) is 3. The Balaban J connectivity index is 2.45. The Kier molecular flexibility index (Phi) is 5.46. The third kappa shape index (κ3) is 3.93. The lowest BCUT2D eigenvalue weighted by atomic mass is 10.2. The van der Waals surface area contributed by atoms with Crippen LogP contribution in [0.1, 0.15) is 25.7 Å². The van der Waals surface area contributed by atoms with E-state index in [-0.39, 0.29) is 18.6 Å². The number of terminal acetylenes is 1. The first kappa shape index (κ1) is 14.3. The molecule has 3 atom stereocenters. The first-order chi connectivity index (χ1) is 8.58. The molecule has 3 N–H and O–H groups in total. The highest BCUT2D eigenvalue weighted by atomic mass is 16.5. The summed E-state index contributed by atoms with van der Waals surface area (Å²) in [5, 5.41) is 13.9. The number of carbonyl (C=O) groups excluding carboxylic acids is 1. The quantitative estimate of drug-likeness (QED) is 0.617. The summed E-state index contributed by atoms with van der Waals surface area (Å²) in [4.78, 5) is 22.5. The van der Waals surface area contributed by atoms with Crippen LogP contribution in [0.2, 0.25) is 0 Å². The number of carbonyl (C=O) groups is 2. The van der Waals surface area contributed by atoms with Crippen molar-refractivity contribution in [1.82, 2.24) is 10.6 Å². The Labute approximate surface area is 106 Å². The highest BCUT2D eigenvalue weighted by molar-refractivity contribution is 5.82. The lowest BCUT2D eigenvalue weighted by Gasteiger charge is -2.21. The van der Waals surface area contributed by atoms with E-state index in [1.807, 2.05) is 0 Å². The molecule has 0 aromatic heterocycles. The lowest BCUT2D eigenvalue weighted by Crippen LogP contribution is -2.50. The summed E-state index contributed by atoms with van der Waals surface area (Å²) < 4.78 is 5.23. The Morgan fingerprint density at radius 1 is 1.56 bits per heavy atom. The molecule has 1 aliphatic carbocycles. The number of aliphatic carboxylic acids is 1. The van der Waals surface area contributed by atoms with E-state index in [1.54, 1.807) is 7.11 Å². The molecule has 6 nitrogen and oxygen atoms in total. The molecule has 1 saturated carbocycles. The van der Waals surface area contributed by atoms with Gasteiger partial charge in [0.25, 0.3) is 0 Å². The van der Waals surface area contributed by atoms with E-state index in [0.717, 1.165) is 19.3 Å². The second-order valence-electron chi connectivity index (χ2n) is 4.23. The smallest absolute Gasteiger partial charge is 0.327 e. The van der Waals surface area contributed by atoms with Gasteiger partial charge in [-0.2, -0.15) is 0 Å². The number of rotatable bonds is 5. The van der Waals surface area contributed by atoms with Crippen LogP contribution in [0.15, 0.2) is 0 Å². The maximum atomic E-state index is 11.6. The third-order valence-corrected chi connectivity index (χ3v) is 3.00. The van der Waals surface area contributed by atoms with Crippen LogP contribution in [0.4, 0.5) is 4.79 Å². The molecule has 0 radical (unpaired) electrons. The zero-order valence-corrected chi connectivity index (χ0v) is 10.3. The van der Waals surface area contributed by atoms with Crippen LogP contribution in [-0.2, 0) is 9.53 Å². The van der Waals surface area contributed by atoms with Gasteiger partial charge in [0, 0.05) is 13.5 Å². The van der Waals surface area contributed by atoms with Crippen molar-refractivity contribution in [2.75, 3.05) is 7.11 Å². The van der Waals surface area contributed by atoms with Crippen molar-refractivity contribution in [2.45, 2.75) is 43.9 Å². The normalized spacial score (nSPS) is 24.0. The fourth-order valence-electron chi connectivity index (χ4n) is 2.06. The van der Waals surface area contributed by atoms with Gasteiger partial charge in [0.2, 0.25) is 0 Å². The topological polar surface area (TPSA) is 87.7 Å². The average Bonchev–Trinajstić information content (AvgIpc) is 2.75. The molecule has 0 aliphatic heterocycles. The second kappa shape index (κ2) is 6.87. The highest BCUT2D eigenvalue weighted by Gasteiger charge is 2.29. The van der Waals surface area contributed by atoms with E-state index < -0.39 is 18.0 Å². The van der Waals surface area contributed by atoms with Gasteiger partial charge in [0.05, 0.1) is 12.1 Å². The number of amides is 2. The molecule has 0 aromatic rings. The molecule has 0 heterocycles. The van der Waals surface area contributed by atoms with Crippen molar-refractivity contribution in [1.29, 1.82) is 0 Å². The van der Waals surface area contributed by atoms with E-state index in [2.05, 4.69) is 16.6 Å². The number of carboxylic acids is 1. The largest absolute Gasteiger partial charge is 0.480 e. The van der Waals surface area contributed by atoms with E-state index in [0.29, 0.717) is 0 Å². The molecule has 18 heavy (non-hydrogen) atoms. The van der Waals surface area contributed by atoms with Crippen molar-refractivity contribution in [3.05, 3.63) is 0 Å². The van der Waals surface area contributed by atoms with Gasteiger partial charge in [-0.05, 0) is 19.3 Å². The molecule has 1 aliphatic rings. The van der Waals surface area contributed by atoms with E-state index >= 15 is 0 Å². The summed E-state index contributed by atoms with van der Waals surface area (Å²) in [5.41, 5.74) is 0. The summed E-state index contributed by atoms with van der Waals surface area (Å²) in [5.74, 6) is 1.08. The van der Waals surface area contributed by atoms with Crippen molar-refractivity contribution in [3.8, 4) is 12.3 Å². The highest BCUT2D eigenvalue weighted by Crippen LogP contribution is 2.21. The minimum Gasteiger partial charge on any atom is -0.480 e. The van der Waals surface area contributed by atoms with Crippen molar-refractivity contribution in [2.24, 2.45) is 0 Å². The monoisotopic (exact) mass is 254 g/mol. The van der Waals surface area contributed by atoms with Gasteiger partial charge in [-0.3, -0.25) is 0 Å².